The minimum Gasteiger partial charge on any atom is -0.325 e. The number of nitrogens with one attached hydrogen (secondary N) is 2. The zero-order valence-electron chi connectivity index (χ0n) is 13.7. The summed E-state index contributed by atoms with van der Waals surface area (Å²) in [5.41, 5.74) is 1.81. The van der Waals surface area contributed by atoms with Crippen LogP contribution in [0.1, 0.15) is 0 Å². The second kappa shape index (κ2) is 7.35. The molecular weight excluding hydrogens is 326 g/mol. The van der Waals surface area contributed by atoms with Gasteiger partial charge in [0.05, 0.1) is 0 Å². The molecule has 0 amide bonds. The van der Waals surface area contributed by atoms with Crippen molar-refractivity contribution in [1.82, 2.24) is 24.9 Å². The quantitative estimate of drug-likeness (QED) is 0.570. The third kappa shape index (κ3) is 3.78. The molecule has 4 heterocycles. The van der Waals surface area contributed by atoms with E-state index in [0.717, 1.165) is 22.8 Å². The van der Waals surface area contributed by atoms with E-state index in [4.69, 9.17) is 0 Å². The number of nitrogens with zero attached hydrogens (tertiary/aromatic N) is 5. The molecule has 2 N–H and O–H groups in total. The summed E-state index contributed by atoms with van der Waals surface area (Å²) in [6.07, 6.45) is 8.72. The zero-order chi connectivity index (χ0) is 17.6. The van der Waals surface area contributed by atoms with Crippen LogP contribution in [0.4, 0.5) is 23.4 Å². The second-order valence-electron chi connectivity index (χ2n) is 5.41. The summed E-state index contributed by atoms with van der Waals surface area (Å²) in [6.45, 7) is 0. The van der Waals surface area contributed by atoms with Crippen LogP contribution in [0.2, 0.25) is 0 Å². The van der Waals surface area contributed by atoms with Gasteiger partial charge in [0, 0.05) is 42.1 Å². The molecule has 7 heteroatoms. The van der Waals surface area contributed by atoms with Crippen LogP contribution in [0.25, 0.3) is 11.1 Å². The van der Waals surface area contributed by atoms with E-state index in [1.165, 1.54) is 0 Å². The number of aromatic nitrogens is 5. The van der Waals surface area contributed by atoms with Crippen molar-refractivity contribution in [3.05, 3.63) is 79.5 Å². The van der Waals surface area contributed by atoms with Gasteiger partial charge in [-0.25, -0.2) is 24.9 Å². The predicted octanol–water partition coefficient (Wildman–Crippen LogP) is 3.82. The maximum absolute atomic E-state index is 4.41. The molecule has 4 aromatic heterocycles. The maximum Gasteiger partial charge on any atom is 0.228 e. The van der Waals surface area contributed by atoms with E-state index in [-0.39, 0.29) is 0 Å². The van der Waals surface area contributed by atoms with Crippen molar-refractivity contribution in [2.75, 3.05) is 10.6 Å². The van der Waals surface area contributed by atoms with Crippen molar-refractivity contribution in [3.63, 3.8) is 0 Å². The highest BCUT2D eigenvalue weighted by Gasteiger charge is 2.03. The molecule has 0 unspecified atom stereocenters. The van der Waals surface area contributed by atoms with Crippen LogP contribution in [-0.4, -0.2) is 24.9 Å². The van der Waals surface area contributed by atoms with Gasteiger partial charge in [-0.1, -0.05) is 12.1 Å². The van der Waals surface area contributed by atoms with E-state index in [1.54, 1.807) is 31.0 Å². The van der Waals surface area contributed by atoms with Gasteiger partial charge in [0.25, 0.3) is 0 Å². The predicted molar refractivity (Wildman–Crippen MR) is 100 cm³/mol. The lowest BCUT2D eigenvalue weighted by Crippen LogP contribution is -1.98. The van der Waals surface area contributed by atoms with Crippen LogP contribution in [0, 0.1) is 0 Å². The highest BCUT2D eigenvalue weighted by molar-refractivity contribution is 5.64. The van der Waals surface area contributed by atoms with Crippen molar-refractivity contribution < 1.29 is 0 Å². The molecule has 26 heavy (non-hydrogen) atoms. The first kappa shape index (κ1) is 15.6. The first-order valence-corrected chi connectivity index (χ1v) is 8.01. The average molecular weight is 341 g/mol. The molecule has 4 aromatic rings. The summed E-state index contributed by atoms with van der Waals surface area (Å²) in [7, 11) is 0. The van der Waals surface area contributed by atoms with Crippen molar-refractivity contribution in [3.8, 4) is 11.1 Å². The highest BCUT2D eigenvalue weighted by atomic mass is 15.1. The van der Waals surface area contributed by atoms with E-state index in [9.17, 15) is 0 Å². The summed E-state index contributed by atoms with van der Waals surface area (Å²) in [4.78, 5) is 21.5. The van der Waals surface area contributed by atoms with Gasteiger partial charge in [-0.3, -0.25) is 0 Å². The molecule has 0 aliphatic rings. The van der Waals surface area contributed by atoms with E-state index >= 15 is 0 Å². The molecule has 7 nitrogen and oxygen atoms in total. The Balaban J connectivity index is 1.45. The first-order chi connectivity index (χ1) is 12.9. The van der Waals surface area contributed by atoms with Crippen LogP contribution in [0.3, 0.4) is 0 Å². The van der Waals surface area contributed by atoms with Crippen LogP contribution < -0.4 is 10.6 Å². The summed E-state index contributed by atoms with van der Waals surface area (Å²) < 4.78 is 0. The molecule has 0 aliphatic heterocycles. The molecule has 126 valence electrons. The van der Waals surface area contributed by atoms with Crippen molar-refractivity contribution in [2.45, 2.75) is 0 Å². The normalized spacial score (nSPS) is 10.3. The van der Waals surface area contributed by atoms with Gasteiger partial charge in [0.15, 0.2) is 0 Å². The maximum atomic E-state index is 4.41. The van der Waals surface area contributed by atoms with Gasteiger partial charge in [-0.2, -0.15) is 0 Å². The van der Waals surface area contributed by atoms with Gasteiger partial charge in [0.2, 0.25) is 5.95 Å². The van der Waals surface area contributed by atoms with Crippen LogP contribution in [0.5, 0.6) is 0 Å². The fraction of sp³-hybridized carbons (Fsp3) is 0. The molecule has 0 spiro atoms. The van der Waals surface area contributed by atoms with Crippen molar-refractivity contribution >= 4 is 23.4 Å². The number of hydrogen-bond acceptors (Lipinski definition) is 7. The average Bonchev–Trinajstić information content (AvgIpc) is 2.71. The van der Waals surface area contributed by atoms with E-state index in [1.807, 2.05) is 48.5 Å². The summed E-state index contributed by atoms with van der Waals surface area (Å²) >= 11 is 0. The lowest BCUT2D eigenvalue weighted by molar-refractivity contribution is 1.15. The molecule has 0 bridgehead atoms. The van der Waals surface area contributed by atoms with Crippen LogP contribution in [0.15, 0.2) is 79.5 Å². The number of anilines is 4. The van der Waals surface area contributed by atoms with Crippen molar-refractivity contribution in [1.29, 1.82) is 0 Å². The molecule has 0 atom stereocenters. The summed E-state index contributed by atoms with van der Waals surface area (Å²) in [5.74, 6) is 2.67. The third-order valence-electron chi connectivity index (χ3n) is 3.57. The van der Waals surface area contributed by atoms with Crippen LogP contribution >= 0.6 is 0 Å². The second-order valence-corrected chi connectivity index (χ2v) is 5.41. The Morgan fingerprint density at radius 3 is 1.69 bits per heavy atom. The Bertz CT molecular complexity index is 873. The van der Waals surface area contributed by atoms with Gasteiger partial charge < -0.3 is 10.6 Å². The molecule has 0 fully saturated rings. The van der Waals surface area contributed by atoms with E-state index < -0.39 is 0 Å². The Kier molecular flexibility index (Phi) is 4.42. The van der Waals surface area contributed by atoms with Gasteiger partial charge in [0.1, 0.15) is 17.5 Å². The Labute approximate surface area is 150 Å². The third-order valence-corrected chi connectivity index (χ3v) is 3.57. The van der Waals surface area contributed by atoms with E-state index in [0.29, 0.717) is 11.8 Å². The largest absolute Gasteiger partial charge is 0.325 e. The van der Waals surface area contributed by atoms with E-state index in [2.05, 4.69) is 35.6 Å². The lowest BCUT2D eigenvalue weighted by Gasteiger charge is -2.07. The summed E-state index contributed by atoms with van der Waals surface area (Å²) in [5, 5.41) is 6.20. The smallest absolute Gasteiger partial charge is 0.228 e. The Morgan fingerprint density at radius 1 is 0.500 bits per heavy atom. The minimum atomic E-state index is 0.494. The van der Waals surface area contributed by atoms with Gasteiger partial charge in [-0.15, -0.1) is 0 Å². The van der Waals surface area contributed by atoms with Gasteiger partial charge in [-0.05, 0) is 36.4 Å². The fourth-order valence-corrected chi connectivity index (χ4v) is 2.30. The van der Waals surface area contributed by atoms with Crippen LogP contribution in [-0.2, 0) is 0 Å². The monoisotopic (exact) mass is 341 g/mol. The Morgan fingerprint density at radius 2 is 1.12 bits per heavy atom. The highest BCUT2D eigenvalue weighted by Crippen LogP contribution is 2.20. The van der Waals surface area contributed by atoms with Crippen molar-refractivity contribution in [2.24, 2.45) is 0 Å². The molecule has 0 aliphatic carbocycles. The molecule has 0 aromatic carbocycles. The molecule has 0 radical (unpaired) electrons. The molecule has 0 saturated heterocycles. The first-order valence-electron chi connectivity index (χ1n) is 8.01. The molecule has 0 saturated carbocycles. The topological polar surface area (TPSA) is 88.5 Å². The molecule has 4 rings (SSSR count). The lowest BCUT2D eigenvalue weighted by atomic mass is 10.1. The SMILES string of the molecule is c1ccc(Nc2ccc(-c3cnc(Nc4ccccn4)nc3)cn2)nc1. The number of pyridine rings is 3. The summed E-state index contributed by atoms with van der Waals surface area (Å²) in [6, 6.07) is 15.1. The van der Waals surface area contributed by atoms with Gasteiger partial charge >= 0.3 is 0 Å². The fourth-order valence-electron chi connectivity index (χ4n) is 2.30. The molecular formula is C19H15N7. The minimum absolute atomic E-state index is 0.494. The number of rotatable bonds is 5. The standard InChI is InChI=1S/C19H15N7/c1-3-9-20-16(5-1)25-18-8-7-14(11-22-18)15-12-23-19(24-13-15)26-17-6-2-4-10-21-17/h1-13H,(H,20,22,25)(H,21,23,24,26). The number of hydrogen-bond donors (Lipinski definition) is 2. The Hall–Kier alpha value is -3.87. The zero-order valence-corrected chi connectivity index (χ0v) is 13.7.